The fourth-order valence-electron chi connectivity index (χ4n) is 3.55. The second-order valence-electron chi connectivity index (χ2n) is 6.53. The van der Waals surface area contributed by atoms with Crippen molar-refractivity contribution in [2.24, 2.45) is 11.8 Å². The summed E-state index contributed by atoms with van der Waals surface area (Å²) >= 11 is 0. The van der Waals surface area contributed by atoms with E-state index in [0.29, 0.717) is 6.61 Å². The largest absolute Gasteiger partial charge is 0.449 e. The van der Waals surface area contributed by atoms with E-state index in [1.54, 1.807) is 0 Å². The van der Waals surface area contributed by atoms with Crippen LogP contribution >= 0.6 is 0 Å². The van der Waals surface area contributed by atoms with Crippen molar-refractivity contribution in [3.8, 4) is 0 Å². The number of rotatable bonds is 7. The second kappa shape index (κ2) is 8.62. The van der Waals surface area contributed by atoms with Gasteiger partial charge in [-0.05, 0) is 44.2 Å². The van der Waals surface area contributed by atoms with E-state index >= 15 is 0 Å². The van der Waals surface area contributed by atoms with Crippen molar-refractivity contribution in [3.05, 3.63) is 0 Å². The van der Waals surface area contributed by atoms with Crippen LogP contribution in [0.3, 0.4) is 0 Å². The summed E-state index contributed by atoms with van der Waals surface area (Å²) in [6.45, 7) is 9.87. The molecule has 2 rings (SSSR count). The third-order valence-corrected chi connectivity index (χ3v) is 5.27. The van der Waals surface area contributed by atoms with Gasteiger partial charge in [0.1, 0.15) is 0 Å². The van der Waals surface area contributed by atoms with Crippen LogP contribution in [0, 0.1) is 11.8 Å². The molecular weight excluding hydrogens is 264 g/mol. The molecule has 4 heteroatoms. The number of hydrogen-bond donors (Lipinski definition) is 0. The Hall–Kier alpha value is -0.770. The van der Waals surface area contributed by atoms with Gasteiger partial charge in [-0.3, -0.25) is 0 Å². The zero-order valence-corrected chi connectivity index (χ0v) is 13.9. The molecule has 0 radical (unpaired) electrons. The van der Waals surface area contributed by atoms with Crippen LogP contribution in [0.1, 0.15) is 52.4 Å². The lowest BCUT2D eigenvalue weighted by atomic mass is 9.73. The van der Waals surface area contributed by atoms with Gasteiger partial charge in [0, 0.05) is 19.6 Å². The van der Waals surface area contributed by atoms with Crippen molar-refractivity contribution < 1.29 is 9.53 Å². The van der Waals surface area contributed by atoms with Gasteiger partial charge in [0.05, 0.1) is 6.61 Å². The zero-order chi connectivity index (χ0) is 15.1. The predicted molar refractivity (Wildman–Crippen MR) is 85.4 cm³/mol. The maximum absolute atomic E-state index is 12.1. The smallest absolute Gasteiger partial charge is 0.409 e. The maximum Gasteiger partial charge on any atom is 0.409 e. The number of carbonyl (C=O) groups is 1. The van der Waals surface area contributed by atoms with Crippen molar-refractivity contribution in [1.82, 2.24) is 9.80 Å². The van der Waals surface area contributed by atoms with Crippen LogP contribution in [-0.2, 0) is 4.74 Å². The molecule has 1 saturated carbocycles. The molecule has 1 aliphatic heterocycles. The van der Waals surface area contributed by atoms with Crippen LogP contribution < -0.4 is 0 Å². The van der Waals surface area contributed by atoms with Gasteiger partial charge >= 0.3 is 6.09 Å². The fraction of sp³-hybridized carbons (Fsp3) is 0.941. The highest BCUT2D eigenvalue weighted by molar-refractivity contribution is 5.67. The van der Waals surface area contributed by atoms with Crippen LogP contribution in [-0.4, -0.2) is 55.2 Å². The number of carbonyl (C=O) groups excluding carboxylic acids is 1. The number of likely N-dealkylation sites (tertiary alicyclic amines) is 1. The molecule has 0 N–H and O–H groups in total. The molecule has 0 bridgehead atoms. The zero-order valence-electron chi connectivity index (χ0n) is 13.9. The first-order valence-corrected chi connectivity index (χ1v) is 8.88. The molecule has 1 aliphatic carbocycles. The molecule has 1 unspecified atom stereocenters. The Morgan fingerprint density at radius 2 is 1.86 bits per heavy atom. The molecular formula is C17H32N2O2. The van der Waals surface area contributed by atoms with Crippen LogP contribution in [0.4, 0.5) is 4.79 Å². The summed E-state index contributed by atoms with van der Waals surface area (Å²) in [5, 5.41) is 0. The summed E-state index contributed by atoms with van der Waals surface area (Å²) < 4.78 is 5.46. The first-order valence-electron chi connectivity index (χ1n) is 8.88. The minimum Gasteiger partial charge on any atom is -0.449 e. The monoisotopic (exact) mass is 296 g/mol. The molecule has 2 fully saturated rings. The molecule has 1 saturated heterocycles. The lowest BCUT2D eigenvalue weighted by molar-refractivity contribution is 0.0604. The SMILES string of the molecule is CCN(CC)CCCOC(=O)N1CCCC(C2CCC2)C1. The molecule has 0 aromatic heterocycles. The Morgan fingerprint density at radius 3 is 2.48 bits per heavy atom. The van der Waals surface area contributed by atoms with Crippen molar-refractivity contribution in [3.63, 3.8) is 0 Å². The van der Waals surface area contributed by atoms with E-state index in [0.717, 1.165) is 57.4 Å². The molecule has 2 aliphatic rings. The highest BCUT2D eigenvalue weighted by Crippen LogP contribution is 2.37. The molecule has 0 aromatic carbocycles. The van der Waals surface area contributed by atoms with E-state index < -0.39 is 0 Å². The Balaban J connectivity index is 1.63. The topological polar surface area (TPSA) is 32.8 Å². The molecule has 4 nitrogen and oxygen atoms in total. The van der Waals surface area contributed by atoms with Gasteiger partial charge in [-0.25, -0.2) is 4.79 Å². The van der Waals surface area contributed by atoms with Gasteiger partial charge in [0.15, 0.2) is 0 Å². The van der Waals surface area contributed by atoms with E-state index in [1.807, 2.05) is 4.90 Å². The van der Waals surface area contributed by atoms with Crippen LogP contribution in [0.2, 0.25) is 0 Å². The van der Waals surface area contributed by atoms with Gasteiger partial charge in [0.25, 0.3) is 0 Å². The molecule has 1 amide bonds. The van der Waals surface area contributed by atoms with E-state index in [4.69, 9.17) is 4.74 Å². The molecule has 0 aromatic rings. The fourth-order valence-corrected chi connectivity index (χ4v) is 3.55. The Morgan fingerprint density at radius 1 is 1.14 bits per heavy atom. The van der Waals surface area contributed by atoms with Gasteiger partial charge in [-0.15, -0.1) is 0 Å². The van der Waals surface area contributed by atoms with Crippen LogP contribution in [0.25, 0.3) is 0 Å². The van der Waals surface area contributed by atoms with E-state index in [1.165, 1.54) is 25.7 Å². The van der Waals surface area contributed by atoms with E-state index in [2.05, 4.69) is 18.7 Å². The normalized spacial score (nSPS) is 23.2. The minimum atomic E-state index is -0.0847. The molecule has 21 heavy (non-hydrogen) atoms. The quantitative estimate of drug-likeness (QED) is 0.675. The first kappa shape index (κ1) is 16.6. The van der Waals surface area contributed by atoms with Crippen molar-refractivity contribution >= 4 is 6.09 Å². The lowest BCUT2D eigenvalue weighted by Gasteiger charge is -2.40. The molecule has 1 heterocycles. The third kappa shape index (κ3) is 4.87. The number of ether oxygens (including phenoxy) is 1. The predicted octanol–water partition coefficient (Wildman–Crippen LogP) is 3.37. The summed E-state index contributed by atoms with van der Waals surface area (Å²) in [7, 11) is 0. The summed E-state index contributed by atoms with van der Waals surface area (Å²) in [5.74, 6) is 1.61. The molecule has 0 spiro atoms. The van der Waals surface area contributed by atoms with E-state index in [-0.39, 0.29) is 6.09 Å². The number of hydrogen-bond acceptors (Lipinski definition) is 3. The lowest BCUT2D eigenvalue weighted by Crippen LogP contribution is -2.43. The average Bonchev–Trinajstić information content (AvgIpc) is 2.46. The highest BCUT2D eigenvalue weighted by Gasteiger charge is 2.32. The van der Waals surface area contributed by atoms with Crippen LogP contribution in [0.5, 0.6) is 0 Å². The molecule has 1 atom stereocenters. The Kier molecular flexibility index (Phi) is 6.81. The second-order valence-corrected chi connectivity index (χ2v) is 6.53. The summed E-state index contributed by atoms with van der Waals surface area (Å²) in [4.78, 5) is 16.5. The first-order chi connectivity index (χ1) is 10.2. The Bertz CT molecular complexity index is 314. The summed E-state index contributed by atoms with van der Waals surface area (Å²) in [6.07, 6.45) is 7.43. The van der Waals surface area contributed by atoms with Crippen molar-refractivity contribution in [2.75, 3.05) is 39.3 Å². The van der Waals surface area contributed by atoms with Gasteiger partial charge in [-0.2, -0.15) is 0 Å². The van der Waals surface area contributed by atoms with Crippen molar-refractivity contribution in [2.45, 2.75) is 52.4 Å². The molecule has 122 valence electrons. The minimum absolute atomic E-state index is 0.0847. The standard InChI is InChI=1S/C17H32N2O2/c1-3-18(4-2)11-7-13-21-17(20)19-12-6-10-16(14-19)15-8-5-9-15/h15-16H,3-14H2,1-2H3. The van der Waals surface area contributed by atoms with Crippen LogP contribution in [0.15, 0.2) is 0 Å². The van der Waals surface area contributed by atoms with Gasteiger partial charge in [-0.1, -0.05) is 33.1 Å². The van der Waals surface area contributed by atoms with Crippen molar-refractivity contribution in [1.29, 1.82) is 0 Å². The van der Waals surface area contributed by atoms with Gasteiger partial charge < -0.3 is 14.5 Å². The number of amides is 1. The third-order valence-electron chi connectivity index (χ3n) is 5.27. The number of piperidine rings is 1. The number of nitrogens with zero attached hydrogens (tertiary/aromatic N) is 2. The van der Waals surface area contributed by atoms with Gasteiger partial charge in [0.2, 0.25) is 0 Å². The highest BCUT2D eigenvalue weighted by atomic mass is 16.6. The maximum atomic E-state index is 12.1. The Labute approximate surface area is 129 Å². The average molecular weight is 296 g/mol. The van der Waals surface area contributed by atoms with E-state index in [9.17, 15) is 4.79 Å². The summed E-state index contributed by atoms with van der Waals surface area (Å²) in [5.41, 5.74) is 0. The summed E-state index contributed by atoms with van der Waals surface area (Å²) in [6, 6.07) is 0.